The number of benzene rings is 1. The van der Waals surface area contributed by atoms with Crippen molar-refractivity contribution in [2.45, 2.75) is 45.8 Å². The van der Waals surface area contributed by atoms with Crippen LogP contribution in [-0.4, -0.2) is 42.6 Å². The fraction of sp³-hybridized carbons (Fsp3) is 0.455. The van der Waals surface area contributed by atoms with Crippen molar-refractivity contribution >= 4 is 39.8 Å². The van der Waals surface area contributed by atoms with E-state index in [0.29, 0.717) is 21.3 Å². The summed E-state index contributed by atoms with van der Waals surface area (Å²) in [5.41, 5.74) is 0.287. The van der Waals surface area contributed by atoms with Gasteiger partial charge in [-0.05, 0) is 63.1 Å². The van der Waals surface area contributed by atoms with Gasteiger partial charge in [0.2, 0.25) is 0 Å². The van der Waals surface area contributed by atoms with Gasteiger partial charge in [0, 0.05) is 23.0 Å². The summed E-state index contributed by atoms with van der Waals surface area (Å²) in [4.78, 5) is 29.0. The molecule has 0 fully saturated rings. The third-order valence-corrected chi connectivity index (χ3v) is 6.41. The van der Waals surface area contributed by atoms with Crippen LogP contribution in [0.3, 0.4) is 0 Å². The van der Waals surface area contributed by atoms with Crippen LogP contribution in [0.15, 0.2) is 24.3 Å². The number of fused-ring (bicyclic) bond motifs is 1. The molecule has 1 aliphatic heterocycles. The molecule has 0 radical (unpaired) electrons. The van der Waals surface area contributed by atoms with Gasteiger partial charge in [0.1, 0.15) is 10.8 Å². The van der Waals surface area contributed by atoms with E-state index in [-0.39, 0.29) is 5.91 Å². The van der Waals surface area contributed by atoms with Gasteiger partial charge in [0.05, 0.1) is 12.7 Å². The van der Waals surface area contributed by atoms with Gasteiger partial charge in [-0.1, -0.05) is 18.5 Å². The average molecular weight is 451 g/mol. The van der Waals surface area contributed by atoms with Crippen LogP contribution in [0.5, 0.6) is 5.75 Å². The van der Waals surface area contributed by atoms with Gasteiger partial charge in [-0.15, -0.1) is 11.3 Å². The number of nitrogens with one attached hydrogen (secondary N) is 1. The second-order valence-electron chi connectivity index (χ2n) is 7.75. The fourth-order valence-corrected chi connectivity index (χ4v) is 4.87. The van der Waals surface area contributed by atoms with Gasteiger partial charge in [-0.25, -0.2) is 4.79 Å². The smallest absolute Gasteiger partial charge is 0.341 e. The lowest BCUT2D eigenvalue weighted by molar-refractivity contribution is -0.128. The Morgan fingerprint density at radius 3 is 2.60 bits per heavy atom. The first kappa shape index (κ1) is 22.6. The van der Waals surface area contributed by atoms with Crippen LogP contribution >= 0.6 is 22.9 Å². The van der Waals surface area contributed by atoms with Crippen molar-refractivity contribution in [1.82, 2.24) is 4.90 Å². The molecule has 0 spiro atoms. The standard InChI is InChI=1S/C22H27ClN2O4S/c1-5-11-25-12-10-16-17(13-25)30-19(18(16)20(26)28-4)24-21(27)22(2,3)29-15-8-6-14(23)7-9-15/h6-9H,5,10-13H2,1-4H3,(H,24,27). The van der Waals surface area contributed by atoms with Crippen molar-refractivity contribution in [2.24, 2.45) is 0 Å². The number of anilines is 1. The third kappa shape index (κ3) is 4.96. The first-order valence-corrected chi connectivity index (χ1v) is 11.2. The molecule has 0 aliphatic carbocycles. The zero-order chi connectivity index (χ0) is 21.9. The number of esters is 1. The molecule has 3 rings (SSSR count). The van der Waals surface area contributed by atoms with Crippen LogP contribution in [0.4, 0.5) is 5.00 Å². The molecule has 2 heterocycles. The van der Waals surface area contributed by atoms with Crippen LogP contribution in [0.25, 0.3) is 0 Å². The number of nitrogens with zero attached hydrogens (tertiary/aromatic N) is 1. The van der Waals surface area contributed by atoms with E-state index in [2.05, 4.69) is 17.1 Å². The Morgan fingerprint density at radius 2 is 1.97 bits per heavy atom. The zero-order valence-corrected chi connectivity index (χ0v) is 19.3. The lowest BCUT2D eigenvalue weighted by Gasteiger charge is -2.26. The van der Waals surface area contributed by atoms with E-state index in [0.717, 1.165) is 42.9 Å². The molecule has 30 heavy (non-hydrogen) atoms. The second-order valence-corrected chi connectivity index (χ2v) is 9.29. The van der Waals surface area contributed by atoms with E-state index in [1.165, 1.54) is 18.4 Å². The molecule has 1 aromatic carbocycles. The van der Waals surface area contributed by atoms with E-state index in [9.17, 15) is 9.59 Å². The number of methoxy groups -OCH3 is 1. The molecule has 0 bridgehead atoms. The number of rotatable bonds is 7. The van der Waals surface area contributed by atoms with Crippen LogP contribution in [-0.2, 0) is 22.5 Å². The highest BCUT2D eigenvalue weighted by molar-refractivity contribution is 7.17. The van der Waals surface area contributed by atoms with Gasteiger partial charge in [-0.2, -0.15) is 0 Å². The molecule has 162 valence electrons. The van der Waals surface area contributed by atoms with Gasteiger partial charge in [0.25, 0.3) is 5.91 Å². The Labute approximate surface area is 186 Å². The maximum Gasteiger partial charge on any atom is 0.341 e. The monoisotopic (exact) mass is 450 g/mol. The Bertz CT molecular complexity index is 924. The van der Waals surface area contributed by atoms with Crippen molar-refractivity contribution < 1.29 is 19.1 Å². The summed E-state index contributed by atoms with van der Waals surface area (Å²) in [5, 5.41) is 4.02. The van der Waals surface area contributed by atoms with Gasteiger partial charge in [0.15, 0.2) is 5.60 Å². The van der Waals surface area contributed by atoms with Crippen molar-refractivity contribution in [1.29, 1.82) is 0 Å². The summed E-state index contributed by atoms with van der Waals surface area (Å²) < 4.78 is 10.9. The van der Waals surface area contributed by atoms with Gasteiger partial charge >= 0.3 is 5.97 Å². The molecule has 0 saturated carbocycles. The number of carbonyl (C=O) groups excluding carboxylic acids is 2. The maximum atomic E-state index is 13.0. The number of thiophene rings is 1. The minimum atomic E-state index is -1.15. The predicted molar refractivity (Wildman–Crippen MR) is 120 cm³/mol. The minimum absolute atomic E-state index is 0.341. The molecule has 1 N–H and O–H groups in total. The predicted octanol–water partition coefficient (Wildman–Crippen LogP) is 4.75. The molecule has 0 unspecified atom stereocenters. The van der Waals surface area contributed by atoms with E-state index >= 15 is 0 Å². The zero-order valence-electron chi connectivity index (χ0n) is 17.7. The molecule has 0 atom stereocenters. The number of hydrogen-bond donors (Lipinski definition) is 1. The third-order valence-electron chi connectivity index (χ3n) is 5.03. The molecule has 1 aromatic heterocycles. The van der Waals surface area contributed by atoms with Gasteiger partial charge in [-0.3, -0.25) is 9.69 Å². The average Bonchev–Trinajstić information content (AvgIpc) is 3.06. The SMILES string of the molecule is CCCN1CCc2c(sc(NC(=O)C(C)(C)Oc3ccc(Cl)cc3)c2C(=O)OC)C1. The first-order chi connectivity index (χ1) is 14.2. The van der Waals surface area contributed by atoms with E-state index in [1.807, 2.05) is 0 Å². The van der Waals surface area contributed by atoms with E-state index < -0.39 is 11.6 Å². The second kappa shape index (κ2) is 9.37. The van der Waals surface area contributed by atoms with Gasteiger partial charge < -0.3 is 14.8 Å². The van der Waals surface area contributed by atoms with Crippen molar-refractivity contribution in [2.75, 3.05) is 25.5 Å². The summed E-state index contributed by atoms with van der Waals surface area (Å²) in [6.45, 7) is 8.20. The number of hydrogen-bond acceptors (Lipinski definition) is 6. The molecule has 1 amide bonds. The summed E-state index contributed by atoms with van der Waals surface area (Å²) >= 11 is 7.35. The maximum absolute atomic E-state index is 13.0. The van der Waals surface area contributed by atoms with Crippen LogP contribution in [0.1, 0.15) is 48.0 Å². The normalized spacial score (nSPS) is 14.2. The number of amides is 1. The highest BCUT2D eigenvalue weighted by atomic mass is 35.5. The van der Waals surface area contributed by atoms with Crippen LogP contribution in [0, 0.1) is 0 Å². The van der Waals surface area contributed by atoms with Crippen molar-refractivity contribution in [3.8, 4) is 5.75 Å². The lowest BCUT2D eigenvalue weighted by atomic mass is 10.0. The molecule has 0 saturated heterocycles. The van der Waals surface area contributed by atoms with Crippen LogP contribution in [0.2, 0.25) is 5.02 Å². The van der Waals surface area contributed by atoms with Crippen molar-refractivity contribution in [3.63, 3.8) is 0 Å². The van der Waals surface area contributed by atoms with Crippen molar-refractivity contribution in [3.05, 3.63) is 45.3 Å². The van der Waals surface area contributed by atoms with Crippen LogP contribution < -0.4 is 10.1 Å². The molecule has 1 aliphatic rings. The molecule has 8 heteroatoms. The van der Waals surface area contributed by atoms with E-state index in [4.69, 9.17) is 21.1 Å². The summed E-state index contributed by atoms with van der Waals surface area (Å²) in [7, 11) is 1.36. The number of halogens is 1. The Balaban J connectivity index is 1.83. The highest BCUT2D eigenvalue weighted by Crippen LogP contribution is 2.38. The minimum Gasteiger partial charge on any atom is -0.478 e. The summed E-state index contributed by atoms with van der Waals surface area (Å²) in [6.07, 6.45) is 1.83. The molecule has 2 aromatic rings. The molecule has 6 nitrogen and oxygen atoms in total. The quantitative estimate of drug-likeness (QED) is 0.616. The largest absolute Gasteiger partial charge is 0.478 e. The number of ether oxygens (including phenoxy) is 2. The Morgan fingerprint density at radius 1 is 1.27 bits per heavy atom. The molecular weight excluding hydrogens is 424 g/mol. The Kier molecular flexibility index (Phi) is 7.06. The first-order valence-electron chi connectivity index (χ1n) is 9.96. The topological polar surface area (TPSA) is 67.9 Å². The summed E-state index contributed by atoms with van der Waals surface area (Å²) in [5.74, 6) is -0.233. The summed E-state index contributed by atoms with van der Waals surface area (Å²) in [6, 6.07) is 6.83. The number of carbonyl (C=O) groups is 2. The molecular formula is C22H27ClN2O4S. The van der Waals surface area contributed by atoms with E-state index in [1.54, 1.807) is 38.1 Å². The fourth-order valence-electron chi connectivity index (χ4n) is 3.47. The lowest BCUT2D eigenvalue weighted by Crippen LogP contribution is -2.42. The Hall–Kier alpha value is -2.09. The highest BCUT2D eigenvalue weighted by Gasteiger charge is 2.34.